The monoisotopic (exact) mass is 244 g/mol. The van der Waals surface area contributed by atoms with Gasteiger partial charge in [-0.25, -0.2) is 9.18 Å². The lowest BCUT2D eigenvalue weighted by atomic mass is 10.2. The van der Waals surface area contributed by atoms with Gasteiger partial charge in [0.05, 0.1) is 12.7 Å². The molecule has 0 unspecified atom stereocenters. The number of esters is 1. The summed E-state index contributed by atoms with van der Waals surface area (Å²) in [5, 5.41) is 0. The Morgan fingerprint density at radius 1 is 1.41 bits per heavy atom. The Balaban J connectivity index is 3.04. The predicted octanol–water partition coefficient (Wildman–Crippen LogP) is 1.95. The van der Waals surface area contributed by atoms with Crippen molar-refractivity contribution >= 4 is 5.97 Å². The number of carbonyl (C=O) groups is 1. The summed E-state index contributed by atoms with van der Waals surface area (Å²) >= 11 is 0. The summed E-state index contributed by atoms with van der Waals surface area (Å²) in [6.45, 7) is -3.10. The van der Waals surface area contributed by atoms with Crippen LogP contribution in [0.1, 0.15) is 5.56 Å². The molecule has 0 aromatic heterocycles. The van der Waals surface area contributed by atoms with E-state index >= 15 is 0 Å². The van der Waals surface area contributed by atoms with Crippen LogP contribution in [0.25, 0.3) is 0 Å². The Labute approximate surface area is 95.1 Å². The summed E-state index contributed by atoms with van der Waals surface area (Å²) in [6.07, 6.45) is 0. The van der Waals surface area contributed by atoms with Crippen molar-refractivity contribution in [3.63, 3.8) is 0 Å². The quantitative estimate of drug-likeness (QED) is 0.589. The van der Waals surface area contributed by atoms with Gasteiger partial charge in [0.25, 0.3) is 0 Å². The molecule has 0 spiro atoms. The SMILES string of the molecule is COC(=O)C#Cc1ccc(F)cc1OC(F)F. The van der Waals surface area contributed by atoms with Gasteiger partial charge in [0.15, 0.2) is 0 Å². The van der Waals surface area contributed by atoms with Crippen LogP contribution in [0.4, 0.5) is 13.2 Å². The number of hydrogen-bond acceptors (Lipinski definition) is 3. The molecule has 90 valence electrons. The van der Waals surface area contributed by atoms with Gasteiger partial charge < -0.3 is 9.47 Å². The largest absolute Gasteiger partial charge is 0.459 e. The average Bonchev–Trinajstić information content (AvgIpc) is 2.26. The molecule has 3 nitrogen and oxygen atoms in total. The van der Waals surface area contributed by atoms with Crippen LogP contribution in [0, 0.1) is 17.7 Å². The van der Waals surface area contributed by atoms with E-state index in [4.69, 9.17) is 0 Å². The second-order valence-corrected chi connectivity index (χ2v) is 2.76. The van der Waals surface area contributed by atoms with E-state index in [1.807, 2.05) is 5.92 Å². The van der Waals surface area contributed by atoms with E-state index in [2.05, 4.69) is 15.4 Å². The zero-order chi connectivity index (χ0) is 12.8. The van der Waals surface area contributed by atoms with Crippen LogP contribution in [-0.2, 0) is 9.53 Å². The highest BCUT2D eigenvalue weighted by molar-refractivity contribution is 5.89. The maximum absolute atomic E-state index is 12.8. The number of hydrogen-bond donors (Lipinski definition) is 0. The third-order valence-electron chi connectivity index (χ3n) is 1.64. The Kier molecular flexibility index (Phi) is 4.40. The zero-order valence-electron chi connectivity index (χ0n) is 8.67. The molecule has 1 rings (SSSR count). The van der Waals surface area contributed by atoms with E-state index in [0.29, 0.717) is 0 Å². The molecule has 17 heavy (non-hydrogen) atoms. The highest BCUT2D eigenvalue weighted by atomic mass is 19.3. The molecule has 0 bridgehead atoms. The van der Waals surface area contributed by atoms with Gasteiger partial charge >= 0.3 is 12.6 Å². The normalized spacial score (nSPS) is 9.47. The van der Waals surface area contributed by atoms with Crippen LogP contribution in [0.3, 0.4) is 0 Å². The molecule has 1 aromatic carbocycles. The summed E-state index contributed by atoms with van der Waals surface area (Å²) in [7, 11) is 1.12. The lowest BCUT2D eigenvalue weighted by Gasteiger charge is -2.06. The van der Waals surface area contributed by atoms with Crippen molar-refractivity contribution in [1.29, 1.82) is 0 Å². The molecule has 0 amide bonds. The fourth-order valence-electron chi connectivity index (χ4n) is 0.962. The molecule has 0 saturated carbocycles. The van der Waals surface area contributed by atoms with Crippen molar-refractivity contribution in [2.75, 3.05) is 7.11 Å². The van der Waals surface area contributed by atoms with Crippen LogP contribution in [0.5, 0.6) is 5.75 Å². The van der Waals surface area contributed by atoms with Gasteiger partial charge in [-0.3, -0.25) is 0 Å². The fourth-order valence-corrected chi connectivity index (χ4v) is 0.962. The first-order valence-electron chi connectivity index (χ1n) is 4.37. The minimum absolute atomic E-state index is 0.0305. The van der Waals surface area contributed by atoms with E-state index in [-0.39, 0.29) is 5.56 Å². The van der Waals surface area contributed by atoms with Gasteiger partial charge in [0.1, 0.15) is 11.6 Å². The second kappa shape index (κ2) is 5.80. The first kappa shape index (κ1) is 12.9. The van der Waals surface area contributed by atoms with E-state index in [1.54, 1.807) is 0 Å². The lowest BCUT2D eigenvalue weighted by Crippen LogP contribution is -2.04. The van der Waals surface area contributed by atoms with Crippen LogP contribution in [-0.4, -0.2) is 19.7 Å². The number of benzene rings is 1. The molecule has 0 N–H and O–H groups in total. The van der Waals surface area contributed by atoms with Crippen molar-refractivity contribution in [1.82, 2.24) is 0 Å². The Bertz CT molecular complexity index is 475. The maximum atomic E-state index is 12.8. The van der Waals surface area contributed by atoms with Gasteiger partial charge in [-0.2, -0.15) is 8.78 Å². The first-order chi connectivity index (χ1) is 8.02. The van der Waals surface area contributed by atoms with Gasteiger partial charge in [-0.1, -0.05) is 5.92 Å². The summed E-state index contributed by atoms with van der Waals surface area (Å²) in [4.78, 5) is 10.7. The van der Waals surface area contributed by atoms with Crippen LogP contribution in [0.2, 0.25) is 0 Å². The highest BCUT2D eigenvalue weighted by Gasteiger charge is 2.09. The zero-order valence-corrected chi connectivity index (χ0v) is 8.67. The molecule has 0 radical (unpaired) electrons. The minimum atomic E-state index is -3.10. The summed E-state index contributed by atoms with van der Waals surface area (Å²) in [5.74, 6) is 2.25. The second-order valence-electron chi connectivity index (χ2n) is 2.76. The van der Waals surface area contributed by atoms with Crippen molar-refractivity contribution in [3.8, 4) is 17.6 Å². The van der Waals surface area contributed by atoms with Gasteiger partial charge in [-0.05, 0) is 12.1 Å². The number of alkyl halides is 2. The lowest BCUT2D eigenvalue weighted by molar-refractivity contribution is -0.133. The topological polar surface area (TPSA) is 35.5 Å². The van der Waals surface area contributed by atoms with E-state index in [9.17, 15) is 18.0 Å². The first-order valence-corrected chi connectivity index (χ1v) is 4.37. The molecule has 1 aromatic rings. The summed E-state index contributed by atoms with van der Waals surface area (Å²) in [5.41, 5.74) is -0.0305. The van der Waals surface area contributed by atoms with Crippen molar-refractivity contribution in [2.24, 2.45) is 0 Å². The minimum Gasteiger partial charge on any atom is -0.459 e. The Morgan fingerprint density at radius 3 is 2.71 bits per heavy atom. The van der Waals surface area contributed by atoms with Crippen molar-refractivity contribution in [2.45, 2.75) is 6.61 Å². The molecule has 6 heteroatoms. The van der Waals surface area contributed by atoms with Gasteiger partial charge in [0.2, 0.25) is 0 Å². The molecule has 0 aliphatic rings. The molecule has 0 fully saturated rings. The summed E-state index contributed by atoms with van der Waals surface area (Å²) in [6, 6.07) is 2.90. The summed E-state index contributed by atoms with van der Waals surface area (Å²) < 4.78 is 45.1. The molecule has 0 heterocycles. The maximum Gasteiger partial charge on any atom is 0.387 e. The molecule has 0 aliphatic heterocycles. The van der Waals surface area contributed by atoms with Crippen LogP contribution >= 0.6 is 0 Å². The number of ether oxygens (including phenoxy) is 2. The third-order valence-corrected chi connectivity index (χ3v) is 1.64. The van der Waals surface area contributed by atoms with Gasteiger partial charge in [0, 0.05) is 12.0 Å². The average molecular weight is 244 g/mol. The molecule has 0 aliphatic carbocycles. The smallest absolute Gasteiger partial charge is 0.387 e. The highest BCUT2D eigenvalue weighted by Crippen LogP contribution is 2.21. The van der Waals surface area contributed by atoms with Crippen LogP contribution < -0.4 is 4.74 Å². The number of halogens is 3. The Hall–Kier alpha value is -2.16. The standard InChI is InChI=1S/C11H7F3O3/c1-16-10(15)5-3-7-2-4-8(12)6-9(7)17-11(13)14/h2,4,6,11H,1H3. The van der Waals surface area contributed by atoms with E-state index in [1.165, 1.54) is 0 Å². The van der Waals surface area contributed by atoms with Crippen LogP contribution in [0.15, 0.2) is 18.2 Å². The third kappa shape index (κ3) is 4.07. The van der Waals surface area contributed by atoms with E-state index < -0.39 is 24.1 Å². The fraction of sp³-hybridized carbons (Fsp3) is 0.182. The van der Waals surface area contributed by atoms with E-state index in [0.717, 1.165) is 25.3 Å². The van der Waals surface area contributed by atoms with Crippen molar-refractivity contribution < 1.29 is 27.4 Å². The molecule has 0 saturated heterocycles. The molecule has 0 atom stereocenters. The van der Waals surface area contributed by atoms with Crippen molar-refractivity contribution in [3.05, 3.63) is 29.6 Å². The number of rotatable bonds is 2. The van der Waals surface area contributed by atoms with Gasteiger partial charge in [-0.15, -0.1) is 0 Å². The Morgan fingerprint density at radius 2 is 2.12 bits per heavy atom. The molecular weight excluding hydrogens is 237 g/mol. The number of methoxy groups -OCH3 is 1. The molecular formula is C11H7F3O3. The predicted molar refractivity (Wildman–Crippen MR) is 51.9 cm³/mol. The number of carbonyl (C=O) groups excluding carboxylic acids is 1.